The van der Waals surface area contributed by atoms with Crippen LogP contribution in [-0.4, -0.2) is 112 Å². The minimum absolute atomic E-state index is 0.00652. The second kappa shape index (κ2) is 25.7. The lowest BCUT2D eigenvalue weighted by Crippen LogP contribution is -2.41. The molecule has 0 spiro atoms. The number of nitrogens with two attached hydrogens (primary N) is 1. The van der Waals surface area contributed by atoms with E-state index in [0.717, 1.165) is 45.9 Å². The van der Waals surface area contributed by atoms with Crippen LogP contribution in [0.5, 0.6) is 0 Å². The largest absolute Gasteiger partial charge is 0.481 e. The number of carbonyl (C=O) groups excluding carboxylic acids is 3. The van der Waals surface area contributed by atoms with Crippen LogP contribution in [0, 0.1) is 18.8 Å². The maximum Gasteiger partial charge on any atom is 0.338 e. The van der Waals surface area contributed by atoms with E-state index in [1.165, 1.54) is 18.3 Å². The van der Waals surface area contributed by atoms with E-state index in [-0.39, 0.29) is 89.1 Å². The number of rotatable bonds is 24. The number of carboxylic acid groups (broad SMARTS) is 3. The molecule has 4 unspecified atom stereocenters. The molecule has 4 aromatic rings. The summed E-state index contributed by atoms with van der Waals surface area (Å²) in [4.78, 5) is 117. The molecule has 8 rings (SSSR count). The summed E-state index contributed by atoms with van der Waals surface area (Å²) in [6, 6.07) is 4.78. The Hall–Kier alpha value is -9.28. The summed E-state index contributed by atoms with van der Waals surface area (Å²) in [6.45, 7) is 12.9. The third kappa shape index (κ3) is 13.8. The molecule has 0 saturated carbocycles. The third-order valence-corrected chi connectivity index (χ3v) is 14.9. The summed E-state index contributed by atoms with van der Waals surface area (Å²) < 4.78 is 0. The Kier molecular flexibility index (Phi) is 18.3. The van der Waals surface area contributed by atoms with Gasteiger partial charge in [0.05, 0.1) is 53.6 Å². The number of nitrogens with zero attached hydrogens (tertiary/aromatic N) is 5. The number of hydrogen-bond donors (Lipinski definition) is 11. The molecular weight excluding hydrogens is 1040 g/mol. The first-order valence-corrected chi connectivity index (χ1v) is 27.1. The van der Waals surface area contributed by atoms with Crippen molar-refractivity contribution >= 4 is 82.0 Å². The number of nitrogen functional groups attached to an aromatic ring is 1. The van der Waals surface area contributed by atoms with Gasteiger partial charge in [0.25, 0.3) is 11.5 Å². The molecule has 424 valence electrons. The predicted molar refractivity (Wildman–Crippen MR) is 305 cm³/mol. The fourth-order valence-corrected chi connectivity index (χ4v) is 10.6. The zero-order chi connectivity index (χ0) is 58.1. The number of hydrogen-bond acceptors (Lipinski definition) is 15. The second-order valence-corrected chi connectivity index (χ2v) is 20.5. The number of aromatic amines is 2. The minimum Gasteiger partial charge on any atom is -0.481 e. The first-order valence-electron chi connectivity index (χ1n) is 27.1. The topological polar surface area (TPSA) is 361 Å². The van der Waals surface area contributed by atoms with Gasteiger partial charge < -0.3 is 52.6 Å². The number of carbonyl (C=O) groups is 6. The molecule has 4 atom stereocenters. The first-order chi connectivity index (χ1) is 38.8. The van der Waals surface area contributed by atoms with Gasteiger partial charge in [-0.1, -0.05) is 39.3 Å². The number of aliphatic imine (C=N–C) groups is 2. The average Bonchev–Trinajstić information content (AvgIpc) is 4.23. The fourth-order valence-electron chi connectivity index (χ4n) is 10.6. The van der Waals surface area contributed by atoms with Crippen LogP contribution in [0.25, 0.3) is 23.3 Å². The highest BCUT2D eigenvalue weighted by molar-refractivity contribution is 6.27. The lowest BCUT2D eigenvalue weighted by atomic mass is 9.87. The standard InChI is InChI=1S/C58H67N13O10/c1-6-37-29(3)41-23-35-22-33(50(64-35)39(24-48(74)75)51-49(57(80)81)31(5)43(68-51)26-45-38(7-2)30(4)42(67-45)25-44(37)66-41)14-18-46(72)60-20-10-8-9-11-21-61-47(73)19-17-40(56(78)79)69-54(76)32-12-15-34(16-13-32)62-27-36-28-63-53-52(65-36)55(77)71-58(59)70-53/h6,12-13,15-16,23,25-26,28-29,33,40-41,62,66-67H,1,7-11,14,17-22,24,27H2,2-5H3,(H,60,72)(H,61,73)(H,69,76)(H,74,75)(H,78,79)(H,80,81)(H3,59,63,70,71,77)/b35-23-,42-25-,45-26-,51-39-. The predicted octanol–water partition coefficient (Wildman–Crippen LogP) is 3.89. The molecule has 4 aliphatic rings. The number of carboxylic acids is 3. The summed E-state index contributed by atoms with van der Waals surface area (Å²) in [5.74, 6) is -5.35. The van der Waals surface area contributed by atoms with Crippen molar-refractivity contribution in [1.82, 2.24) is 46.2 Å². The van der Waals surface area contributed by atoms with Crippen LogP contribution < -0.4 is 48.6 Å². The molecule has 0 aliphatic carbocycles. The molecule has 81 heavy (non-hydrogen) atoms. The number of aliphatic carboxylic acids is 3. The van der Waals surface area contributed by atoms with Crippen LogP contribution in [0.3, 0.4) is 0 Å². The molecule has 23 nitrogen and oxygen atoms in total. The molecule has 7 heterocycles. The Bertz CT molecular complexity index is 3600. The number of amides is 3. The number of nitrogens with one attached hydrogen (secondary N) is 7. The van der Waals surface area contributed by atoms with Gasteiger partial charge in [0.1, 0.15) is 6.04 Å². The summed E-state index contributed by atoms with van der Waals surface area (Å²) in [5, 5.41) is 47.4. The molecule has 12 N–H and O–H groups in total. The summed E-state index contributed by atoms with van der Waals surface area (Å²) in [6.07, 6.45) is 12.8. The van der Waals surface area contributed by atoms with Gasteiger partial charge in [-0.05, 0) is 117 Å². The lowest BCUT2D eigenvalue weighted by Gasteiger charge is -2.17. The number of benzene rings is 1. The third-order valence-electron chi connectivity index (χ3n) is 14.9. The zero-order valence-electron chi connectivity index (χ0n) is 45.6. The van der Waals surface area contributed by atoms with Crippen molar-refractivity contribution in [3.8, 4) is 0 Å². The van der Waals surface area contributed by atoms with E-state index < -0.39 is 47.8 Å². The van der Waals surface area contributed by atoms with E-state index in [9.17, 15) is 48.9 Å². The van der Waals surface area contributed by atoms with Gasteiger partial charge in [0.2, 0.25) is 17.8 Å². The molecule has 0 fully saturated rings. The first kappa shape index (κ1) is 57.9. The van der Waals surface area contributed by atoms with E-state index in [2.05, 4.69) is 71.1 Å². The Morgan fingerprint density at radius 3 is 2.30 bits per heavy atom. The normalized spacial score (nSPS) is 20.1. The summed E-state index contributed by atoms with van der Waals surface area (Å²) in [7, 11) is 0. The van der Waals surface area contributed by atoms with E-state index in [4.69, 9.17) is 15.7 Å². The van der Waals surface area contributed by atoms with Crippen LogP contribution in [-0.2, 0) is 36.9 Å². The van der Waals surface area contributed by atoms with Gasteiger partial charge >= 0.3 is 17.9 Å². The number of anilines is 2. The molecule has 23 heteroatoms. The Morgan fingerprint density at radius 2 is 1.63 bits per heavy atom. The van der Waals surface area contributed by atoms with Crippen molar-refractivity contribution in [3.63, 3.8) is 0 Å². The average molecular weight is 1110 g/mol. The molecular formula is C58H67N13O10. The fraction of sp³-hybridized carbons (Fsp3) is 0.379. The van der Waals surface area contributed by atoms with Crippen molar-refractivity contribution in [1.29, 1.82) is 0 Å². The maximum absolute atomic E-state index is 13.4. The van der Waals surface area contributed by atoms with Gasteiger partial charge in [-0.15, -0.1) is 0 Å². The lowest BCUT2D eigenvalue weighted by molar-refractivity contribution is -0.139. The number of fused-ring (bicyclic) bond motifs is 7. The van der Waals surface area contributed by atoms with Crippen LogP contribution in [0.2, 0.25) is 0 Å². The SMILES string of the molecule is C=CC1=C2/C=c3\[nH]/c(c(CC)c3C)=C\C3=NC(=C(/CC(=O)O)C4=N/C(=C\C(N2)C1C)CC4CCC(=O)NCCCCCCNC(=O)CCC(NC(=O)c1ccc(NCc2cnc4nc(N)[nH]c(=O)c4n2)cc1)C(=O)O)/C(C(=O)O)=C3C. The quantitative estimate of drug-likeness (QED) is 0.0443. The molecule has 8 bridgehead atoms. The van der Waals surface area contributed by atoms with Gasteiger partial charge in [-0.2, -0.15) is 4.98 Å². The zero-order valence-corrected chi connectivity index (χ0v) is 45.6. The van der Waals surface area contributed by atoms with Crippen molar-refractivity contribution in [2.75, 3.05) is 24.1 Å². The van der Waals surface area contributed by atoms with Gasteiger partial charge in [-0.3, -0.25) is 33.9 Å². The van der Waals surface area contributed by atoms with Crippen LogP contribution in [0.15, 0.2) is 103 Å². The van der Waals surface area contributed by atoms with Crippen molar-refractivity contribution < 1.29 is 44.1 Å². The number of allylic oxidation sites excluding steroid dienone is 4. The Labute approximate surface area is 465 Å². The summed E-state index contributed by atoms with van der Waals surface area (Å²) in [5.41, 5.74) is 12.5. The van der Waals surface area contributed by atoms with Crippen molar-refractivity contribution in [2.45, 2.75) is 117 Å². The maximum atomic E-state index is 13.4. The highest BCUT2D eigenvalue weighted by Crippen LogP contribution is 2.39. The highest BCUT2D eigenvalue weighted by atomic mass is 16.4. The minimum atomic E-state index is -1.31. The highest BCUT2D eigenvalue weighted by Gasteiger charge is 2.37. The Morgan fingerprint density at radius 1 is 0.914 bits per heavy atom. The number of H-pyrrole nitrogens is 2. The van der Waals surface area contributed by atoms with Gasteiger partial charge in [0.15, 0.2) is 11.2 Å². The van der Waals surface area contributed by atoms with Gasteiger partial charge in [0, 0.05) is 76.7 Å². The molecule has 0 saturated heterocycles. The van der Waals surface area contributed by atoms with E-state index in [1.807, 2.05) is 32.1 Å². The van der Waals surface area contributed by atoms with E-state index >= 15 is 0 Å². The van der Waals surface area contributed by atoms with Crippen molar-refractivity contribution in [3.05, 3.63) is 132 Å². The molecule has 3 amide bonds. The Balaban J connectivity index is 0.799. The van der Waals surface area contributed by atoms with E-state index in [1.54, 1.807) is 19.1 Å². The van der Waals surface area contributed by atoms with Crippen LogP contribution in [0.1, 0.15) is 112 Å². The monoisotopic (exact) mass is 1110 g/mol. The van der Waals surface area contributed by atoms with E-state index in [0.29, 0.717) is 79.3 Å². The smallest absolute Gasteiger partial charge is 0.338 e. The number of unbranched alkanes of at least 4 members (excludes halogenated alkanes) is 3. The molecule has 1 aromatic carbocycles. The second-order valence-electron chi connectivity index (χ2n) is 20.5. The molecule has 4 aliphatic heterocycles. The van der Waals surface area contributed by atoms with Gasteiger partial charge in [-0.25, -0.2) is 24.5 Å². The summed E-state index contributed by atoms with van der Waals surface area (Å²) >= 11 is 0. The van der Waals surface area contributed by atoms with Crippen molar-refractivity contribution in [2.24, 2.45) is 21.8 Å². The number of aromatic nitrogens is 5. The molecule has 3 aromatic heterocycles. The molecule has 0 radical (unpaired) electrons. The van der Waals surface area contributed by atoms with Crippen LogP contribution >= 0.6 is 0 Å². The van der Waals surface area contributed by atoms with Crippen LogP contribution in [0.4, 0.5) is 11.6 Å².